The van der Waals surface area contributed by atoms with Crippen molar-refractivity contribution in [3.63, 3.8) is 0 Å². The molecule has 1 aliphatic heterocycles. The van der Waals surface area contributed by atoms with Crippen molar-refractivity contribution in [2.24, 2.45) is 4.99 Å². The van der Waals surface area contributed by atoms with Crippen molar-refractivity contribution in [2.45, 2.75) is 26.5 Å². The number of ether oxygens (including phenoxy) is 1. The topological polar surface area (TPSA) is 33.6 Å². The molecule has 0 amide bonds. The number of hydrogen-bond donors (Lipinski definition) is 1. The molecule has 0 saturated carbocycles. The Hall–Kier alpha value is -2.07. The molecule has 0 unspecified atom stereocenters. The number of rotatable bonds is 3. The highest BCUT2D eigenvalue weighted by molar-refractivity contribution is 6.31. The van der Waals surface area contributed by atoms with Crippen molar-refractivity contribution in [3.05, 3.63) is 58.4 Å². The van der Waals surface area contributed by atoms with Crippen LogP contribution in [0.15, 0.2) is 41.4 Å². The Morgan fingerprint density at radius 2 is 2.00 bits per heavy atom. The zero-order chi connectivity index (χ0) is 16.6. The molecule has 3 nitrogen and oxygen atoms in total. The number of anilines is 1. The molecule has 0 aromatic heterocycles. The smallest absolute Gasteiger partial charge is 0.195 e. The van der Waals surface area contributed by atoms with Gasteiger partial charge in [0.05, 0.1) is 10.7 Å². The summed E-state index contributed by atoms with van der Waals surface area (Å²) in [4.78, 5) is 4.67. The number of fused-ring (bicyclic) bond motifs is 1. The molecule has 0 aliphatic carbocycles. The van der Waals surface area contributed by atoms with Crippen LogP contribution in [0.5, 0.6) is 5.75 Å². The SMILES string of the molecule is CCNc1ccc2c(c1)OC(C)(C)N=C2c1ccc(F)c(Cl)c1. The molecule has 0 fully saturated rings. The van der Waals surface area contributed by atoms with E-state index in [1.54, 1.807) is 12.1 Å². The van der Waals surface area contributed by atoms with Crippen molar-refractivity contribution in [2.75, 3.05) is 11.9 Å². The maximum atomic E-state index is 13.4. The van der Waals surface area contributed by atoms with Crippen molar-refractivity contribution in [1.29, 1.82) is 0 Å². The van der Waals surface area contributed by atoms with Gasteiger partial charge in [0.25, 0.3) is 0 Å². The van der Waals surface area contributed by atoms with Crippen molar-refractivity contribution >= 4 is 23.0 Å². The van der Waals surface area contributed by atoms with E-state index >= 15 is 0 Å². The second-order valence-corrected chi connectivity index (χ2v) is 6.29. The van der Waals surface area contributed by atoms with Crippen molar-refractivity contribution < 1.29 is 9.13 Å². The largest absolute Gasteiger partial charge is 0.466 e. The molecule has 0 radical (unpaired) electrons. The molecule has 120 valence electrons. The van der Waals surface area contributed by atoms with Gasteiger partial charge in [-0.3, -0.25) is 0 Å². The highest BCUT2D eigenvalue weighted by Crippen LogP contribution is 2.35. The molecule has 1 N–H and O–H groups in total. The minimum Gasteiger partial charge on any atom is -0.466 e. The maximum absolute atomic E-state index is 13.4. The van der Waals surface area contributed by atoms with Gasteiger partial charge in [0.1, 0.15) is 11.6 Å². The molecule has 1 heterocycles. The lowest BCUT2D eigenvalue weighted by Crippen LogP contribution is -2.32. The molecule has 2 aromatic carbocycles. The zero-order valence-corrected chi connectivity index (χ0v) is 14.0. The summed E-state index contributed by atoms with van der Waals surface area (Å²) in [6.07, 6.45) is 0. The molecule has 1 aliphatic rings. The van der Waals surface area contributed by atoms with E-state index in [1.165, 1.54) is 6.07 Å². The predicted molar refractivity (Wildman–Crippen MR) is 92.4 cm³/mol. The van der Waals surface area contributed by atoms with E-state index in [-0.39, 0.29) is 5.02 Å². The first-order valence-corrected chi connectivity index (χ1v) is 7.90. The summed E-state index contributed by atoms with van der Waals surface area (Å²) in [7, 11) is 0. The first-order valence-electron chi connectivity index (χ1n) is 7.52. The van der Waals surface area contributed by atoms with Gasteiger partial charge < -0.3 is 10.1 Å². The summed E-state index contributed by atoms with van der Waals surface area (Å²) in [6.45, 7) is 6.65. The standard InChI is InChI=1S/C18H18ClFN2O/c1-4-21-12-6-7-13-16(10-12)23-18(2,3)22-17(13)11-5-8-15(20)14(19)9-11/h5-10,21H,4H2,1-3H3. The minimum atomic E-state index is -0.700. The summed E-state index contributed by atoms with van der Waals surface area (Å²) >= 11 is 5.93. The Balaban J connectivity index is 2.12. The predicted octanol–water partition coefficient (Wildman–Crippen LogP) is 4.88. The third kappa shape index (κ3) is 3.17. The highest BCUT2D eigenvalue weighted by atomic mass is 35.5. The molecule has 2 aromatic rings. The Labute approximate surface area is 140 Å². The summed E-state index contributed by atoms with van der Waals surface area (Å²) in [6, 6.07) is 10.5. The van der Waals surface area contributed by atoms with E-state index in [4.69, 9.17) is 16.3 Å². The Morgan fingerprint density at radius 3 is 2.70 bits per heavy atom. The lowest BCUT2D eigenvalue weighted by molar-refractivity contribution is 0.115. The van der Waals surface area contributed by atoms with E-state index in [0.717, 1.165) is 34.8 Å². The average molecular weight is 333 g/mol. The summed E-state index contributed by atoms with van der Waals surface area (Å²) in [5.41, 5.74) is 2.68. The quantitative estimate of drug-likeness (QED) is 0.869. The van der Waals surface area contributed by atoms with Gasteiger partial charge in [0.15, 0.2) is 5.72 Å². The maximum Gasteiger partial charge on any atom is 0.195 e. The Morgan fingerprint density at radius 1 is 1.22 bits per heavy atom. The first-order chi connectivity index (χ1) is 10.9. The van der Waals surface area contributed by atoms with Crippen LogP contribution < -0.4 is 10.1 Å². The van der Waals surface area contributed by atoms with Crippen LogP contribution in [0.4, 0.5) is 10.1 Å². The third-order valence-corrected chi connectivity index (χ3v) is 3.84. The van der Waals surface area contributed by atoms with Gasteiger partial charge in [0.2, 0.25) is 0 Å². The van der Waals surface area contributed by atoms with Crippen molar-refractivity contribution in [1.82, 2.24) is 0 Å². The van der Waals surface area contributed by atoms with Crippen LogP contribution in [0.25, 0.3) is 0 Å². The molecule has 0 bridgehead atoms. The lowest BCUT2D eigenvalue weighted by Gasteiger charge is -2.30. The van der Waals surface area contributed by atoms with Gasteiger partial charge in [0, 0.05) is 29.4 Å². The third-order valence-electron chi connectivity index (χ3n) is 3.55. The molecule has 23 heavy (non-hydrogen) atoms. The van der Waals surface area contributed by atoms with Gasteiger partial charge in [-0.2, -0.15) is 0 Å². The molecule has 0 saturated heterocycles. The normalized spacial score (nSPS) is 15.4. The second kappa shape index (κ2) is 5.85. The molecule has 0 spiro atoms. The van der Waals surface area contributed by atoms with Crippen LogP contribution >= 0.6 is 11.6 Å². The number of halogens is 2. The second-order valence-electron chi connectivity index (χ2n) is 5.88. The van der Waals surface area contributed by atoms with Gasteiger partial charge in [-0.15, -0.1) is 0 Å². The van der Waals surface area contributed by atoms with Crippen molar-refractivity contribution in [3.8, 4) is 5.75 Å². The van der Waals surface area contributed by atoms with Gasteiger partial charge in [-0.1, -0.05) is 11.6 Å². The summed E-state index contributed by atoms with van der Waals surface area (Å²) < 4.78 is 19.4. The summed E-state index contributed by atoms with van der Waals surface area (Å²) in [5, 5.41) is 3.35. The number of aliphatic imine (C=N–C) groups is 1. The van der Waals surface area contributed by atoms with Gasteiger partial charge in [-0.25, -0.2) is 9.38 Å². The van der Waals surface area contributed by atoms with Gasteiger partial charge >= 0.3 is 0 Å². The molecule has 5 heteroatoms. The van der Waals surface area contributed by atoms with Crippen LogP contribution in [-0.4, -0.2) is 18.0 Å². The molecular formula is C18H18ClFN2O. The van der Waals surface area contributed by atoms with Crippen LogP contribution in [0.1, 0.15) is 31.9 Å². The fourth-order valence-corrected chi connectivity index (χ4v) is 2.78. The number of nitrogens with one attached hydrogen (secondary N) is 1. The first kappa shape index (κ1) is 15.8. The lowest BCUT2D eigenvalue weighted by atomic mass is 9.98. The molecule has 3 rings (SSSR count). The molecular weight excluding hydrogens is 315 g/mol. The van der Waals surface area contributed by atoms with E-state index in [9.17, 15) is 4.39 Å². The van der Waals surface area contributed by atoms with E-state index in [0.29, 0.717) is 0 Å². The fraction of sp³-hybridized carbons (Fsp3) is 0.278. The summed E-state index contributed by atoms with van der Waals surface area (Å²) in [5.74, 6) is 0.309. The van der Waals surface area contributed by atoms with E-state index < -0.39 is 11.5 Å². The van der Waals surface area contributed by atoms with Crippen LogP contribution in [0, 0.1) is 5.82 Å². The zero-order valence-electron chi connectivity index (χ0n) is 13.3. The highest BCUT2D eigenvalue weighted by Gasteiger charge is 2.29. The number of benzene rings is 2. The van der Waals surface area contributed by atoms with Crippen LogP contribution in [0.2, 0.25) is 5.02 Å². The number of hydrogen-bond acceptors (Lipinski definition) is 3. The molecule has 0 atom stereocenters. The van der Waals surface area contributed by atoms with Gasteiger partial charge in [-0.05, 0) is 51.1 Å². The van der Waals surface area contributed by atoms with Crippen LogP contribution in [0.3, 0.4) is 0 Å². The Kier molecular flexibility index (Phi) is 4.02. The average Bonchev–Trinajstić information content (AvgIpc) is 2.48. The monoisotopic (exact) mass is 332 g/mol. The minimum absolute atomic E-state index is 0.0836. The van der Waals surface area contributed by atoms with E-state index in [1.807, 2.05) is 39.0 Å². The fourth-order valence-electron chi connectivity index (χ4n) is 2.60. The van der Waals surface area contributed by atoms with E-state index in [2.05, 4.69) is 10.3 Å². The van der Waals surface area contributed by atoms with Crippen LogP contribution in [-0.2, 0) is 0 Å². The number of nitrogens with zero attached hydrogens (tertiary/aromatic N) is 1. The Bertz CT molecular complexity index is 787.